The van der Waals surface area contributed by atoms with Crippen molar-refractivity contribution in [2.24, 2.45) is 7.05 Å². The number of rotatable bonds is 5. The quantitative estimate of drug-likeness (QED) is 0.599. The van der Waals surface area contributed by atoms with Gasteiger partial charge in [0.2, 0.25) is 16.8 Å². The van der Waals surface area contributed by atoms with Gasteiger partial charge in [-0.1, -0.05) is 12.1 Å². The molecular weight excluding hydrogens is 456 g/mol. The predicted octanol–water partition coefficient (Wildman–Crippen LogP) is 2.44. The van der Waals surface area contributed by atoms with Crippen LogP contribution in [0.1, 0.15) is 38.4 Å². The highest BCUT2D eigenvalue weighted by Gasteiger charge is 2.33. The highest BCUT2D eigenvalue weighted by atomic mass is 32.2. The van der Waals surface area contributed by atoms with Crippen LogP contribution in [0.2, 0.25) is 0 Å². The molecule has 1 amide bonds. The summed E-state index contributed by atoms with van der Waals surface area (Å²) in [7, 11) is -1.92. The topological polar surface area (TPSA) is 103 Å². The third-order valence-corrected chi connectivity index (χ3v) is 8.27. The van der Waals surface area contributed by atoms with Crippen LogP contribution in [0.4, 0.5) is 0 Å². The Morgan fingerprint density at radius 3 is 2.68 bits per heavy atom. The summed E-state index contributed by atoms with van der Waals surface area (Å²) in [5, 5.41) is 7.31. The molecule has 5 rings (SSSR count). The Balaban J connectivity index is 1.36. The van der Waals surface area contributed by atoms with E-state index < -0.39 is 10.0 Å². The number of aryl methyl sites for hydroxylation is 3. The maximum atomic E-state index is 13.3. The van der Waals surface area contributed by atoms with Crippen molar-refractivity contribution in [3.8, 4) is 11.5 Å². The lowest BCUT2D eigenvalue weighted by molar-refractivity contribution is 0.0943. The molecule has 2 aromatic carbocycles. The lowest BCUT2D eigenvalue weighted by atomic mass is 10.1. The molecule has 1 aromatic heterocycles. The molecule has 3 heterocycles. The van der Waals surface area contributed by atoms with Gasteiger partial charge in [0.1, 0.15) is 0 Å². The summed E-state index contributed by atoms with van der Waals surface area (Å²) in [5.41, 5.74) is 4.58. The van der Waals surface area contributed by atoms with E-state index >= 15 is 0 Å². The molecule has 0 unspecified atom stereocenters. The Hall–Kier alpha value is -3.37. The second kappa shape index (κ2) is 8.44. The van der Waals surface area contributed by atoms with Crippen LogP contribution in [0.5, 0.6) is 11.5 Å². The van der Waals surface area contributed by atoms with E-state index in [1.807, 2.05) is 38.1 Å². The van der Waals surface area contributed by atoms with Crippen LogP contribution in [-0.4, -0.2) is 41.7 Å². The smallest absolute Gasteiger partial charge is 0.272 e. The summed E-state index contributed by atoms with van der Waals surface area (Å²) in [6.45, 7) is 4.75. The van der Waals surface area contributed by atoms with Crippen LogP contribution in [0.3, 0.4) is 0 Å². The van der Waals surface area contributed by atoms with Crippen molar-refractivity contribution >= 4 is 15.9 Å². The number of hydrogen-bond acceptors (Lipinski definition) is 6. The van der Waals surface area contributed by atoms with E-state index in [4.69, 9.17) is 9.47 Å². The summed E-state index contributed by atoms with van der Waals surface area (Å²) in [5.74, 6) is 0.980. The molecule has 0 atom stereocenters. The van der Waals surface area contributed by atoms with Gasteiger partial charge in [-0.15, -0.1) is 0 Å². The number of carbonyl (C=O) groups excluding carboxylic acids is 1. The van der Waals surface area contributed by atoms with Gasteiger partial charge in [-0.25, -0.2) is 8.42 Å². The molecule has 1 N–H and O–H groups in total. The SMILES string of the molecule is Cc1ccc(S(=O)(=O)N2CCc3c(c(C(=O)NCc4ccc5c(c4)OCO5)nn3C)C2)cc1C. The van der Waals surface area contributed by atoms with Crippen molar-refractivity contribution in [3.63, 3.8) is 0 Å². The summed E-state index contributed by atoms with van der Waals surface area (Å²) in [4.78, 5) is 13.3. The Kier molecular flexibility index (Phi) is 5.57. The molecule has 3 aromatic rings. The average Bonchev–Trinajstić information content (AvgIpc) is 3.43. The normalized spacial score (nSPS) is 15.3. The number of aromatic nitrogens is 2. The molecule has 0 saturated heterocycles. The van der Waals surface area contributed by atoms with Crippen molar-refractivity contribution in [3.05, 3.63) is 70.0 Å². The van der Waals surface area contributed by atoms with Crippen molar-refractivity contribution in [1.82, 2.24) is 19.4 Å². The van der Waals surface area contributed by atoms with Gasteiger partial charge in [-0.3, -0.25) is 9.48 Å². The van der Waals surface area contributed by atoms with Gasteiger partial charge in [0.15, 0.2) is 17.2 Å². The third-order valence-electron chi connectivity index (χ3n) is 6.43. The fraction of sp³-hybridized carbons (Fsp3) is 0.333. The number of nitrogens with zero attached hydrogens (tertiary/aromatic N) is 3. The van der Waals surface area contributed by atoms with Gasteiger partial charge in [0.05, 0.1) is 4.90 Å². The molecule has 0 saturated carbocycles. The Morgan fingerprint density at radius 2 is 1.88 bits per heavy atom. The molecule has 2 aliphatic rings. The van der Waals surface area contributed by atoms with Gasteiger partial charge < -0.3 is 14.8 Å². The van der Waals surface area contributed by atoms with Crippen LogP contribution in [0, 0.1) is 13.8 Å². The zero-order valence-electron chi connectivity index (χ0n) is 19.3. The number of ether oxygens (including phenoxy) is 2. The van der Waals surface area contributed by atoms with Gasteiger partial charge >= 0.3 is 0 Å². The zero-order valence-corrected chi connectivity index (χ0v) is 20.1. The fourth-order valence-corrected chi connectivity index (χ4v) is 5.79. The highest BCUT2D eigenvalue weighted by molar-refractivity contribution is 7.89. The van der Waals surface area contributed by atoms with E-state index in [1.165, 1.54) is 4.31 Å². The molecule has 9 nitrogen and oxygen atoms in total. The monoisotopic (exact) mass is 482 g/mol. The first-order chi connectivity index (χ1) is 16.2. The average molecular weight is 483 g/mol. The van der Waals surface area contributed by atoms with E-state index in [0.717, 1.165) is 22.4 Å². The summed E-state index contributed by atoms with van der Waals surface area (Å²) in [6, 6.07) is 10.6. The Bertz CT molecular complexity index is 1400. The van der Waals surface area contributed by atoms with Crippen LogP contribution < -0.4 is 14.8 Å². The molecule has 0 aliphatic carbocycles. The van der Waals surface area contributed by atoms with E-state index in [9.17, 15) is 13.2 Å². The maximum absolute atomic E-state index is 13.3. The third kappa shape index (κ3) is 3.92. The number of fused-ring (bicyclic) bond motifs is 2. The number of hydrogen-bond donors (Lipinski definition) is 1. The number of nitrogens with one attached hydrogen (secondary N) is 1. The second-order valence-electron chi connectivity index (χ2n) is 8.60. The number of benzene rings is 2. The first-order valence-corrected chi connectivity index (χ1v) is 12.5. The van der Waals surface area contributed by atoms with Gasteiger partial charge in [-0.05, 0) is 54.8 Å². The zero-order chi connectivity index (χ0) is 24.0. The van der Waals surface area contributed by atoms with Crippen LogP contribution >= 0.6 is 0 Å². The first-order valence-electron chi connectivity index (χ1n) is 11.0. The minimum Gasteiger partial charge on any atom is -0.454 e. The molecule has 34 heavy (non-hydrogen) atoms. The molecule has 10 heteroatoms. The maximum Gasteiger partial charge on any atom is 0.272 e. The van der Waals surface area contributed by atoms with E-state index in [-0.39, 0.29) is 36.4 Å². The molecule has 0 bridgehead atoms. The standard InChI is InChI=1S/C24H26N4O5S/c1-15-4-6-18(10-16(15)2)34(30,31)28-9-8-20-19(13-28)23(26-27(20)3)24(29)25-12-17-5-7-21-22(11-17)33-14-32-21/h4-7,10-11H,8-9,12-14H2,1-3H3,(H,25,29). The molecule has 178 valence electrons. The van der Waals surface area contributed by atoms with Crippen LogP contribution in [-0.2, 0) is 36.6 Å². The van der Waals surface area contributed by atoms with Crippen molar-refractivity contribution in [2.45, 2.75) is 38.3 Å². The summed E-state index contributed by atoms with van der Waals surface area (Å²) >= 11 is 0. The van der Waals surface area contributed by atoms with Crippen LogP contribution in [0.15, 0.2) is 41.3 Å². The minimum absolute atomic E-state index is 0.102. The van der Waals surface area contributed by atoms with Gasteiger partial charge in [-0.2, -0.15) is 9.40 Å². The van der Waals surface area contributed by atoms with E-state index in [2.05, 4.69) is 10.4 Å². The van der Waals surface area contributed by atoms with Crippen molar-refractivity contribution in [1.29, 1.82) is 0 Å². The lowest BCUT2D eigenvalue weighted by Gasteiger charge is -2.27. The summed E-state index contributed by atoms with van der Waals surface area (Å²) in [6.07, 6.45) is 0.484. The molecule has 0 fully saturated rings. The number of sulfonamides is 1. The van der Waals surface area contributed by atoms with Crippen molar-refractivity contribution in [2.75, 3.05) is 13.3 Å². The molecule has 0 spiro atoms. The highest BCUT2D eigenvalue weighted by Crippen LogP contribution is 2.32. The number of carbonyl (C=O) groups is 1. The lowest BCUT2D eigenvalue weighted by Crippen LogP contribution is -2.37. The Labute approximate surface area is 198 Å². The molecule has 0 radical (unpaired) electrons. The predicted molar refractivity (Wildman–Crippen MR) is 124 cm³/mol. The number of amides is 1. The Morgan fingerprint density at radius 1 is 1.09 bits per heavy atom. The molecule has 2 aliphatic heterocycles. The van der Waals surface area contributed by atoms with E-state index in [1.54, 1.807) is 23.9 Å². The molecular formula is C24H26N4O5S. The first kappa shape index (κ1) is 22.4. The van der Waals surface area contributed by atoms with Gasteiger partial charge in [0, 0.05) is 44.4 Å². The minimum atomic E-state index is -3.70. The van der Waals surface area contributed by atoms with Gasteiger partial charge in [0.25, 0.3) is 5.91 Å². The fourth-order valence-electron chi connectivity index (χ4n) is 4.30. The largest absolute Gasteiger partial charge is 0.454 e. The second-order valence-corrected chi connectivity index (χ2v) is 10.5. The summed E-state index contributed by atoms with van der Waals surface area (Å²) < 4.78 is 40.5. The van der Waals surface area contributed by atoms with Crippen LogP contribution in [0.25, 0.3) is 0 Å². The van der Waals surface area contributed by atoms with Crippen molar-refractivity contribution < 1.29 is 22.7 Å². The van der Waals surface area contributed by atoms with E-state index in [0.29, 0.717) is 30.0 Å².